The lowest BCUT2D eigenvalue weighted by atomic mass is 10.0. The first-order valence-electron chi connectivity index (χ1n) is 8.71. The van der Waals surface area contributed by atoms with Gasteiger partial charge in [0.15, 0.2) is 0 Å². The number of aromatic nitrogens is 3. The fourth-order valence-electron chi connectivity index (χ4n) is 3.03. The van der Waals surface area contributed by atoms with Crippen molar-refractivity contribution in [3.8, 4) is 0 Å². The first-order valence-corrected chi connectivity index (χ1v) is 8.71. The van der Waals surface area contributed by atoms with Crippen LogP contribution in [0, 0.1) is 13.8 Å². The van der Waals surface area contributed by atoms with Crippen molar-refractivity contribution < 1.29 is 14.1 Å². The van der Waals surface area contributed by atoms with Gasteiger partial charge in [0, 0.05) is 30.7 Å². The Kier molecular flexibility index (Phi) is 5.75. The highest BCUT2D eigenvalue weighted by atomic mass is 16.5. The van der Waals surface area contributed by atoms with Gasteiger partial charge in [-0.05, 0) is 39.2 Å². The molecule has 1 fully saturated rings. The van der Waals surface area contributed by atoms with Crippen molar-refractivity contribution >= 4 is 5.91 Å². The van der Waals surface area contributed by atoms with Crippen LogP contribution in [-0.4, -0.2) is 34.2 Å². The number of amides is 1. The second-order valence-corrected chi connectivity index (χ2v) is 6.40. The second-order valence-electron chi connectivity index (χ2n) is 6.40. The van der Waals surface area contributed by atoms with Crippen LogP contribution >= 0.6 is 0 Å². The number of nitrogens with zero attached hydrogens (tertiary/aromatic N) is 3. The minimum atomic E-state index is -0.0128. The van der Waals surface area contributed by atoms with Gasteiger partial charge in [-0.2, -0.15) is 0 Å². The second kappa shape index (κ2) is 8.20. The Morgan fingerprint density at radius 2 is 2.28 bits per heavy atom. The molecule has 7 heteroatoms. The van der Waals surface area contributed by atoms with Crippen molar-refractivity contribution in [1.82, 2.24) is 20.4 Å². The van der Waals surface area contributed by atoms with Gasteiger partial charge in [-0.1, -0.05) is 5.16 Å². The number of carbonyl (C=O) groups excluding carboxylic acids is 1. The van der Waals surface area contributed by atoms with Crippen LogP contribution in [0.1, 0.15) is 53.7 Å². The standard InChI is InChI=1S/C18H24N4O3/c1-12-16(13(2)25-22-12)5-6-17(23)20-10-15-7-8-19-18(21-15)14-4-3-9-24-11-14/h7-8,14H,3-6,9-11H2,1-2H3,(H,20,23)/t14-/m1/s1. The van der Waals surface area contributed by atoms with Crippen molar-refractivity contribution in [1.29, 1.82) is 0 Å². The summed E-state index contributed by atoms with van der Waals surface area (Å²) in [6.07, 6.45) is 4.87. The fourth-order valence-corrected chi connectivity index (χ4v) is 3.03. The minimum absolute atomic E-state index is 0.0128. The van der Waals surface area contributed by atoms with Gasteiger partial charge in [0.25, 0.3) is 0 Å². The largest absolute Gasteiger partial charge is 0.381 e. The smallest absolute Gasteiger partial charge is 0.220 e. The molecule has 0 aromatic carbocycles. The number of hydrogen-bond acceptors (Lipinski definition) is 6. The van der Waals surface area contributed by atoms with Crippen LogP contribution in [0.3, 0.4) is 0 Å². The van der Waals surface area contributed by atoms with E-state index >= 15 is 0 Å². The summed E-state index contributed by atoms with van der Waals surface area (Å²) in [6, 6.07) is 1.84. The molecule has 1 amide bonds. The van der Waals surface area contributed by atoms with Crippen LogP contribution < -0.4 is 5.32 Å². The Bertz CT molecular complexity index is 703. The number of hydrogen-bond donors (Lipinski definition) is 1. The van der Waals surface area contributed by atoms with E-state index in [0.717, 1.165) is 48.0 Å². The molecule has 1 N–H and O–H groups in total. The quantitative estimate of drug-likeness (QED) is 0.864. The Balaban J connectivity index is 1.50. The van der Waals surface area contributed by atoms with Crippen molar-refractivity contribution in [3.63, 3.8) is 0 Å². The van der Waals surface area contributed by atoms with Gasteiger partial charge in [-0.15, -0.1) is 0 Å². The maximum absolute atomic E-state index is 12.1. The third-order valence-electron chi connectivity index (χ3n) is 4.51. The highest BCUT2D eigenvalue weighted by Crippen LogP contribution is 2.22. The SMILES string of the molecule is Cc1noc(C)c1CCC(=O)NCc1ccnc([C@@H]2CCCOC2)n1. The zero-order chi connectivity index (χ0) is 17.6. The monoisotopic (exact) mass is 344 g/mol. The maximum Gasteiger partial charge on any atom is 0.220 e. The summed E-state index contributed by atoms with van der Waals surface area (Å²) in [4.78, 5) is 21.0. The average Bonchev–Trinajstić information content (AvgIpc) is 2.97. The molecule has 25 heavy (non-hydrogen) atoms. The van der Waals surface area contributed by atoms with Gasteiger partial charge in [0.05, 0.1) is 24.5 Å². The van der Waals surface area contributed by atoms with E-state index < -0.39 is 0 Å². The minimum Gasteiger partial charge on any atom is -0.381 e. The third-order valence-corrected chi connectivity index (χ3v) is 4.51. The summed E-state index contributed by atoms with van der Waals surface area (Å²) in [5, 5.41) is 6.83. The van der Waals surface area contributed by atoms with E-state index in [1.165, 1.54) is 0 Å². The molecule has 0 aliphatic carbocycles. The van der Waals surface area contributed by atoms with Gasteiger partial charge in [0.1, 0.15) is 11.6 Å². The lowest BCUT2D eigenvalue weighted by Gasteiger charge is -2.20. The van der Waals surface area contributed by atoms with E-state index in [1.54, 1.807) is 6.20 Å². The summed E-state index contributed by atoms with van der Waals surface area (Å²) in [6.45, 7) is 5.65. The van der Waals surface area contributed by atoms with E-state index in [0.29, 0.717) is 26.0 Å². The van der Waals surface area contributed by atoms with Gasteiger partial charge in [0.2, 0.25) is 5.91 Å². The molecule has 2 aromatic rings. The highest BCUT2D eigenvalue weighted by Gasteiger charge is 2.19. The number of ether oxygens (including phenoxy) is 1. The van der Waals surface area contributed by atoms with Crippen LogP contribution in [0.5, 0.6) is 0 Å². The molecule has 3 rings (SSSR count). The topological polar surface area (TPSA) is 90.1 Å². The van der Waals surface area contributed by atoms with Crippen LogP contribution in [0.25, 0.3) is 0 Å². The number of aryl methyl sites for hydroxylation is 2. The van der Waals surface area contributed by atoms with E-state index in [-0.39, 0.29) is 11.8 Å². The summed E-state index contributed by atoms with van der Waals surface area (Å²) >= 11 is 0. The number of carbonyl (C=O) groups is 1. The number of nitrogens with one attached hydrogen (secondary N) is 1. The maximum atomic E-state index is 12.1. The zero-order valence-corrected chi connectivity index (χ0v) is 14.7. The Hall–Kier alpha value is -2.28. The number of rotatable bonds is 6. The average molecular weight is 344 g/mol. The third kappa shape index (κ3) is 4.63. The summed E-state index contributed by atoms with van der Waals surface area (Å²) in [5.41, 5.74) is 2.68. The van der Waals surface area contributed by atoms with Crippen molar-refractivity contribution in [3.05, 3.63) is 40.8 Å². The fraction of sp³-hybridized carbons (Fsp3) is 0.556. The molecule has 1 atom stereocenters. The lowest BCUT2D eigenvalue weighted by Crippen LogP contribution is -2.24. The summed E-state index contributed by atoms with van der Waals surface area (Å²) < 4.78 is 10.6. The Labute approximate surface area is 147 Å². The summed E-state index contributed by atoms with van der Waals surface area (Å²) in [5.74, 6) is 1.83. The molecule has 134 valence electrons. The molecule has 3 heterocycles. The van der Waals surface area contributed by atoms with Crippen molar-refractivity contribution in [2.24, 2.45) is 0 Å². The predicted octanol–water partition coefficient (Wildman–Crippen LogP) is 2.22. The molecular formula is C18H24N4O3. The van der Waals surface area contributed by atoms with Crippen LogP contribution in [0.15, 0.2) is 16.8 Å². The van der Waals surface area contributed by atoms with Crippen molar-refractivity contribution in [2.75, 3.05) is 13.2 Å². The molecule has 0 unspecified atom stereocenters. The first kappa shape index (κ1) is 17.5. The Morgan fingerprint density at radius 1 is 1.40 bits per heavy atom. The zero-order valence-electron chi connectivity index (χ0n) is 14.7. The normalized spacial score (nSPS) is 17.4. The molecule has 0 saturated carbocycles. The molecular weight excluding hydrogens is 320 g/mol. The van der Waals surface area contributed by atoms with Gasteiger partial charge >= 0.3 is 0 Å². The molecule has 1 aliphatic heterocycles. The van der Waals surface area contributed by atoms with Crippen molar-refractivity contribution in [2.45, 2.75) is 52.0 Å². The van der Waals surface area contributed by atoms with Gasteiger partial charge in [-0.25, -0.2) is 9.97 Å². The Morgan fingerprint density at radius 3 is 3.00 bits per heavy atom. The van der Waals surface area contributed by atoms with E-state index in [9.17, 15) is 4.79 Å². The first-order chi connectivity index (χ1) is 12.1. The molecule has 0 spiro atoms. The molecule has 0 bridgehead atoms. The van der Waals surface area contributed by atoms with E-state index in [4.69, 9.17) is 9.26 Å². The molecule has 7 nitrogen and oxygen atoms in total. The van der Waals surface area contributed by atoms with Gasteiger partial charge < -0.3 is 14.6 Å². The lowest BCUT2D eigenvalue weighted by molar-refractivity contribution is -0.121. The molecule has 1 aliphatic rings. The molecule has 2 aromatic heterocycles. The highest BCUT2D eigenvalue weighted by molar-refractivity contribution is 5.76. The van der Waals surface area contributed by atoms with Crippen LogP contribution in [0.4, 0.5) is 0 Å². The van der Waals surface area contributed by atoms with Crippen LogP contribution in [0.2, 0.25) is 0 Å². The predicted molar refractivity (Wildman–Crippen MR) is 91.0 cm³/mol. The van der Waals surface area contributed by atoms with E-state index in [1.807, 2.05) is 19.9 Å². The molecule has 0 radical (unpaired) electrons. The van der Waals surface area contributed by atoms with Crippen LogP contribution in [-0.2, 0) is 22.5 Å². The summed E-state index contributed by atoms with van der Waals surface area (Å²) in [7, 11) is 0. The van der Waals surface area contributed by atoms with E-state index in [2.05, 4.69) is 20.4 Å². The van der Waals surface area contributed by atoms with Gasteiger partial charge in [-0.3, -0.25) is 4.79 Å². The molecule has 1 saturated heterocycles.